The SMILES string of the molecule is CC1(C)c2ccccc2-c2ccc(N(c3ccccc3)c3ccc4c(c3)Sc3cccc5c3c-4c(-c3ccc4ccccc4c3)c3ccc(N(c4ccccc4)c4ccccc4)cc35)cc21. The number of anilines is 6. The molecule has 0 atom stereocenters. The highest BCUT2D eigenvalue weighted by Crippen LogP contribution is 2.57. The maximum atomic E-state index is 2.44. The van der Waals surface area contributed by atoms with E-state index >= 15 is 0 Å². The lowest BCUT2D eigenvalue weighted by Gasteiger charge is -2.30. The quantitative estimate of drug-likeness (QED) is 0.147. The number of benzene rings is 11. The zero-order valence-corrected chi connectivity index (χ0v) is 37.6. The van der Waals surface area contributed by atoms with Gasteiger partial charge in [0, 0.05) is 60.3 Å². The Bertz CT molecular complexity index is 3670. The first kappa shape index (κ1) is 38.6. The van der Waals surface area contributed by atoms with Crippen LogP contribution < -0.4 is 9.80 Å². The van der Waals surface area contributed by atoms with Crippen molar-refractivity contribution >= 4 is 78.2 Å². The van der Waals surface area contributed by atoms with Crippen LogP contribution in [0.4, 0.5) is 34.1 Å². The van der Waals surface area contributed by atoms with Crippen LogP contribution in [0.5, 0.6) is 0 Å². The molecule has 0 saturated carbocycles. The molecule has 66 heavy (non-hydrogen) atoms. The van der Waals surface area contributed by atoms with Crippen molar-refractivity contribution in [2.45, 2.75) is 29.1 Å². The molecule has 11 aromatic rings. The molecule has 2 aliphatic rings. The molecule has 1 aliphatic carbocycles. The summed E-state index contributed by atoms with van der Waals surface area (Å²) in [4.78, 5) is 7.33. The van der Waals surface area contributed by atoms with Gasteiger partial charge in [-0.2, -0.15) is 0 Å². The van der Waals surface area contributed by atoms with E-state index in [0.717, 1.165) is 34.1 Å². The van der Waals surface area contributed by atoms with Crippen molar-refractivity contribution in [3.05, 3.63) is 242 Å². The summed E-state index contributed by atoms with van der Waals surface area (Å²) >= 11 is 1.89. The Morgan fingerprint density at radius 2 is 0.909 bits per heavy atom. The molecule has 0 fully saturated rings. The third kappa shape index (κ3) is 6.04. The van der Waals surface area contributed by atoms with Crippen molar-refractivity contribution in [1.82, 2.24) is 0 Å². The molecule has 312 valence electrons. The fraction of sp³-hybridized carbons (Fsp3) is 0.0476. The Kier molecular flexibility index (Phi) is 8.84. The number of fused-ring (bicyclic) bond motifs is 8. The summed E-state index contributed by atoms with van der Waals surface area (Å²) in [5, 5.41) is 7.53. The van der Waals surface area contributed by atoms with E-state index in [-0.39, 0.29) is 5.41 Å². The summed E-state index contributed by atoms with van der Waals surface area (Å²) < 4.78 is 0. The topological polar surface area (TPSA) is 6.48 Å². The summed E-state index contributed by atoms with van der Waals surface area (Å²) in [7, 11) is 0. The van der Waals surface area contributed by atoms with Gasteiger partial charge in [-0.05, 0) is 151 Å². The van der Waals surface area contributed by atoms with Gasteiger partial charge in [0.25, 0.3) is 0 Å². The predicted molar refractivity (Wildman–Crippen MR) is 281 cm³/mol. The lowest BCUT2D eigenvalue weighted by Crippen LogP contribution is -2.16. The smallest absolute Gasteiger partial charge is 0.0473 e. The van der Waals surface area contributed by atoms with Crippen LogP contribution in [0.1, 0.15) is 25.0 Å². The van der Waals surface area contributed by atoms with E-state index in [0.29, 0.717) is 0 Å². The van der Waals surface area contributed by atoms with E-state index < -0.39 is 0 Å². The van der Waals surface area contributed by atoms with Crippen molar-refractivity contribution in [1.29, 1.82) is 0 Å². The Morgan fingerprint density at radius 3 is 1.64 bits per heavy atom. The number of nitrogens with zero attached hydrogens (tertiary/aromatic N) is 2. The second-order valence-electron chi connectivity index (χ2n) is 18.1. The fourth-order valence-electron chi connectivity index (χ4n) is 10.9. The summed E-state index contributed by atoms with van der Waals surface area (Å²) in [6, 6.07) is 85.1. The van der Waals surface area contributed by atoms with Gasteiger partial charge in [-0.1, -0.05) is 171 Å². The molecule has 0 spiro atoms. The molecule has 0 radical (unpaired) electrons. The third-order valence-corrected chi connectivity index (χ3v) is 15.1. The number of hydrogen-bond acceptors (Lipinski definition) is 3. The summed E-state index contributed by atoms with van der Waals surface area (Å²) in [5.41, 5.74) is 17.1. The van der Waals surface area contributed by atoms with Gasteiger partial charge in [0.2, 0.25) is 0 Å². The molecular weight excluding hydrogens is 817 g/mol. The van der Waals surface area contributed by atoms with Crippen LogP contribution in [-0.4, -0.2) is 0 Å². The lowest BCUT2D eigenvalue weighted by molar-refractivity contribution is 0.660. The van der Waals surface area contributed by atoms with E-state index in [4.69, 9.17) is 0 Å². The average Bonchev–Trinajstić information content (AvgIpc) is 3.60. The molecule has 0 aromatic heterocycles. The van der Waals surface area contributed by atoms with Gasteiger partial charge in [0.1, 0.15) is 0 Å². The zero-order chi connectivity index (χ0) is 43.9. The van der Waals surface area contributed by atoms with Gasteiger partial charge in [-0.25, -0.2) is 0 Å². The van der Waals surface area contributed by atoms with Crippen molar-refractivity contribution in [2.75, 3.05) is 9.80 Å². The normalized spacial score (nSPS) is 13.1. The van der Waals surface area contributed by atoms with Crippen molar-refractivity contribution in [2.24, 2.45) is 0 Å². The van der Waals surface area contributed by atoms with E-state index in [1.54, 1.807) is 0 Å². The molecule has 1 aliphatic heterocycles. The Hall–Kier alpha value is -7.85. The summed E-state index contributed by atoms with van der Waals surface area (Å²) in [6.45, 7) is 4.73. The van der Waals surface area contributed by atoms with Crippen LogP contribution in [-0.2, 0) is 5.41 Å². The minimum Gasteiger partial charge on any atom is -0.310 e. The van der Waals surface area contributed by atoms with Gasteiger partial charge >= 0.3 is 0 Å². The van der Waals surface area contributed by atoms with Crippen LogP contribution in [0.2, 0.25) is 0 Å². The van der Waals surface area contributed by atoms with Crippen molar-refractivity contribution in [3.8, 4) is 33.4 Å². The Morgan fingerprint density at radius 1 is 0.333 bits per heavy atom. The molecule has 0 saturated heterocycles. The van der Waals surface area contributed by atoms with E-state index in [9.17, 15) is 0 Å². The van der Waals surface area contributed by atoms with E-state index in [1.807, 2.05) is 11.8 Å². The molecule has 0 bridgehead atoms. The minimum absolute atomic E-state index is 0.109. The Labute approximate surface area is 390 Å². The number of rotatable bonds is 7. The van der Waals surface area contributed by atoms with E-state index in [1.165, 1.54) is 86.6 Å². The first-order chi connectivity index (χ1) is 32.5. The molecule has 2 nitrogen and oxygen atoms in total. The predicted octanol–water partition coefficient (Wildman–Crippen LogP) is 18.2. The van der Waals surface area contributed by atoms with Crippen molar-refractivity contribution < 1.29 is 0 Å². The van der Waals surface area contributed by atoms with Gasteiger partial charge < -0.3 is 9.80 Å². The van der Waals surface area contributed by atoms with Gasteiger partial charge in [0.15, 0.2) is 0 Å². The zero-order valence-electron chi connectivity index (χ0n) is 36.7. The highest BCUT2D eigenvalue weighted by Gasteiger charge is 2.36. The van der Waals surface area contributed by atoms with Crippen LogP contribution in [0, 0.1) is 0 Å². The van der Waals surface area contributed by atoms with Crippen molar-refractivity contribution in [3.63, 3.8) is 0 Å². The van der Waals surface area contributed by atoms with E-state index in [2.05, 4.69) is 254 Å². The van der Waals surface area contributed by atoms with Gasteiger partial charge in [0.05, 0.1) is 0 Å². The second-order valence-corrected chi connectivity index (χ2v) is 19.2. The lowest BCUT2D eigenvalue weighted by atomic mass is 9.82. The second kappa shape index (κ2) is 15.1. The van der Waals surface area contributed by atoms with Crippen LogP contribution in [0.25, 0.3) is 65.7 Å². The largest absolute Gasteiger partial charge is 0.310 e. The molecule has 0 unspecified atom stereocenters. The minimum atomic E-state index is -0.109. The maximum absolute atomic E-state index is 2.44. The number of hydrogen-bond donors (Lipinski definition) is 0. The first-order valence-electron chi connectivity index (χ1n) is 22.8. The standard InChI is InChI=1S/C63H44N2S/c1-63(2)56-27-15-14-25-50(56)51-34-31-48(39-57(51)63)65(46-23-10-5-11-24-46)49-33-36-54-59(40-49)66-58-28-16-26-52-55-38-47(64(44-19-6-3-7-20-44)45-21-8-4-9-22-45)32-35-53(55)60(62(54)61(52)58)43-30-29-41-17-12-13-18-42(41)37-43/h3-40H,1-2H3. The highest BCUT2D eigenvalue weighted by atomic mass is 32.2. The summed E-state index contributed by atoms with van der Waals surface area (Å²) in [5.74, 6) is 0. The Balaban J connectivity index is 1.03. The molecule has 3 heteroatoms. The summed E-state index contributed by atoms with van der Waals surface area (Å²) in [6.07, 6.45) is 0. The first-order valence-corrected chi connectivity index (χ1v) is 23.6. The maximum Gasteiger partial charge on any atom is 0.0473 e. The molecule has 0 amide bonds. The van der Waals surface area contributed by atoms with Gasteiger partial charge in [-0.3, -0.25) is 0 Å². The number of para-hydroxylation sites is 3. The average molecular weight is 861 g/mol. The molecule has 1 heterocycles. The molecule has 11 aromatic carbocycles. The molecular formula is C63H44N2S. The fourth-order valence-corrected chi connectivity index (χ4v) is 12.1. The van der Waals surface area contributed by atoms with Crippen LogP contribution in [0.3, 0.4) is 0 Å². The molecule has 13 rings (SSSR count). The van der Waals surface area contributed by atoms with Crippen LogP contribution in [0.15, 0.2) is 240 Å². The van der Waals surface area contributed by atoms with Gasteiger partial charge in [-0.15, -0.1) is 0 Å². The highest BCUT2D eigenvalue weighted by molar-refractivity contribution is 7.99. The monoisotopic (exact) mass is 860 g/mol. The van der Waals surface area contributed by atoms with Crippen LogP contribution >= 0.6 is 11.8 Å². The molecule has 0 N–H and O–H groups in total. The third-order valence-electron chi connectivity index (χ3n) is 14.0.